The summed E-state index contributed by atoms with van der Waals surface area (Å²) < 4.78 is 0. The van der Waals surface area contributed by atoms with Gasteiger partial charge >= 0.3 is 0 Å². The summed E-state index contributed by atoms with van der Waals surface area (Å²) in [7, 11) is 0. The zero-order valence-corrected chi connectivity index (χ0v) is 18.5. The second kappa shape index (κ2) is 10.6. The quantitative estimate of drug-likeness (QED) is 0.674. The van der Waals surface area contributed by atoms with Crippen molar-refractivity contribution in [2.24, 2.45) is 5.92 Å². The van der Waals surface area contributed by atoms with Gasteiger partial charge in [-0.3, -0.25) is 9.59 Å². The highest BCUT2D eigenvalue weighted by molar-refractivity contribution is 5.97. The summed E-state index contributed by atoms with van der Waals surface area (Å²) in [6, 6.07) is 18.2. The van der Waals surface area contributed by atoms with E-state index in [1.165, 1.54) is 12.8 Å². The Hall–Kier alpha value is -2.62. The number of carbonyl (C=O) groups excluding carboxylic acids is 2. The van der Waals surface area contributed by atoms with E-state index < -0.39 is 0 Å². The maximum absolute atomic E-state index is 13.2. The lowest BCUT2D eigenvalue weighted by molar-refractivity contribution is -0.131. The number of hydrogen-bond acceptors (Lipinski definition) is 2. The van der Waals surface area contributed by atoms with E-state index in [2.05, 4.69) is 12.1 Å². The van der Waals surface area contributed by atoms with Crippen LogP contribution in [0.5, 0.6) is 0 Å². The van der Waals surface area contributed by atoms with Gasteiger partial charge in [-0.25, -0.2) is 0 Å². The summed E-state index contributed by atoms with van der Waals surface area (Å²) in [5, 5.41) is 0. The van der Waals surface area contributed by atoms with Gasteiger partial charge in [0.15, 0.2) is 0 Å². The molecule has 31 heavy (non-hydrogen) atoms. The maximum Gasteiger partial charge on any atom is 0.230 e. The molecule has 4 rings (SSSR count). The third-order valence-corrected chi connectivity index (χ3v) is 6.45. The number of para-hydroxylation sites is 1. The average Bonchev–Trinajstić information content (AvgIpc) is 3.63. The number of benzene rings is 2. The van der Waals surface area contributed by atoms with E-state index in [9.17, 15) is 9.59 Å². The predicted octanol–water partition coefficient (Wildman–Crippen LogP) is 5.36. The van der Waals surface area contributed by atoms with Crippen LogP contribution in [-0.2, 0) is 22.6 Å². The fourth-order valence-electron chi connectivity index (χ4n) is 4.47. The molecule has 4 heteroatoms. The topological polar surface area (TPSA) is 40.6 Å². The van der Waals surface area contributed by atoms with Crippen molar-refractivity contribution in [3.05, 3.63) is 65.7 Å². The summed E-state index contributed by atoms with van der Waals surface area (Å²) in [4.78, 5) is 30.4. The summed E-state index contributed by atoms with van der Waals surface area (Å²) in [5.74, 6) is 0.625. The van der Waals surface area contributed by atoms with E-state index in [1.807, 2.05) is 52.3 Å². The molecule has 4 nitrogen and oxygen atoms in total. The van der Waals surface area contributed by atoms with E-state index in [0.717, 1.165) is 68.4 Å². The van der Waals surface area contributed by atoms with Crippen LogP contribution in [0.25, 0.3) is 0 Å². The Morgan fingerprint density at radius 2 is 1.42 bits per heavy atom. The van der Waals surface area contributed by atoms with Crippen LogP contribution in [0.4, 0.5) is 5.69 Å². The molecule has 0 N–H and O–H groups in total. The summed E-state index contributed by atoms with van der Waals surface area (Å²) in [6.07, 6.45) is 9.24. The SMILES string of the molecule is O=C(Cc1ccccc1)N1CCCCCCCCN(C(=O)C2CC2)c2ccccc2C1. The minimum Gasteiger partial charge on any atom is -0.338 e. The first-order valence-corrected chi connectivity index (χ1v) is 11.9. The Balaban J connectivity index is 1.59. The van der Waals surface area contributed by atoms with Crippen LogP contribution in [0.15, 0.2) is 54.6 Å². The number of hydrogen-bond donors (Lipinski definition) is 0. The van der Waals surface area contributed by atoms with E-state index in [0.29, 0.717) is 13.0 Å². The Morgan fingerprint density at radius 1 is 0.774 bits per heavy atom. The largest absolute Gasteiger partial charge is 0.338 e. The third kappa shape index (κ3) is 5.96. The monoisotopic (exact) mass is 418 g/mol. The molecule has 0 bridgehead atoms. The highest BCUT2D eigenvalue weighted by atomic mass is 16.2. The lowest BCUT2D eigenvalue weighted by Crippen LogP contribution is -2.36. The fraction of sp³-hybridized carbons (Fsp3) is 0.481. The highest BCUT2D eigenvalue weighted by Crippen LogP contribution is 2.34. The molecule has 1 aliphatic heterocycles. The van der Waals surface area contributed by atoms with E-state index in [4.69, 9.17) is 0 Å². The van der Waals surface area contributed by atoms with Gasteiger partial charge < -0.3 is 9.80 Å². The molecule has 0 atom stereocenters. The van der Waals surface area contributed by atoms with Gasteiger partial charge in [0.1, 0.15) is 0 Å². The molecule has 0 unspecified atom stereocenters. The molecule has 1 aliphatic carbocycles. The van der Waals surface area contributed by atoms with Crippen molar-refractivity contribution in [2.45, 2.75) is 64.3 Å². The van der Waals surface area contributed by atoms with Gasteiger partial charge in [0.05, 0.1) is 6.42 Å². The van der Waals surface area contributed by atoms with Crippen LogP contribution in [0.3, 0.4) is 0 Å². The van der Waals surface area contributed by atoms with Crippen molar-refractivity contribution in [2.75, 3.05) is 18.0 Å². The molecular formula is C27H34N2O2. The van der Waals surface area contributed by atoms with Gasteiger partial charge in [0.25, 0.3) is 0 Å². The molecule has 1 fully saturated rings. The molecule has 2 amide bonds. The first-order valence-electron chi connectivity index (χ1n) is 11.9. The first kappa shape index (κ1) is 21.6. The van der Waals surface area contributed by atoms with Crippen molar-refractivity contribution in [3.63, 3.8) is 0 Å². The zero-order valence-electron chi connectivity index (χ0n) is 18.5. The van der Waals surface area contributed by atoms with Gasteiger partial charge in [-0.1, -0.05) is 74.2 Å². The Kier molecular flexibility index (Phi) is 7.39. The number of carbonyl (C=O) groups is 2. The first-order chi connectivity index (χ1) is 15.2. The second-order valence-corrected chi connectivity index (χ2v) is 8.99. The number of amides is 2. The molecule has 0 spiro atoms. The van der Waals surface area contributed by atoms with Gasteiger partial charge in [-0.15, -0.1) is 0 Å². The van der Waals surface area contributed by atoms with Crippen molar-refractivity contribution >= 4 is 17.5 Å². The molecule has 0 aromatic heterocycles. The van der Waals surface area contributed by atoms with Gasteiger partial charge in [0.2, 0.25) is 11.8 Å². The van der Waals surface area contributed by atoms with Crippen LogP contribution in [0.1, 0.15) is 62.5 Å². The molecule has 0 radical (unpaired) electrons. The summed E-state index contributed by atoms with van der Waals surface area (Å²) in [5.41, 5.74) is 3.13. The zero-order chi connectivity index (χ0) is 21.5. The number of rotatable bonds is 3. The van der Waals surface area contributed by atoms with Crippen LogP contribution in [0, 0.1) is 5.92 Å². The Bertz CT molecular complexity index is 876. The lowest BCUT2D eigenvalue weighted by Gasteiger charge is -2.28. The number of fused-ring (bicyclic) bond motifs is 1. The van der Waals surface area contributed by atoms with Crippen LogP contribution < -0.4 is 4.90 Å². The van der Waals surface area contributed by atoms with E-state index >= 15 is 0 Å². The number of anilines is 1. The average molecular weight is 419 g/mol. The minimum absolute atomic E-state index is 0.163. The molecule has 2 aliphatic rings. The maximum atomic E-state index is 13.2. The normalized spacial score (nSPS) is 18.3. The minimum atomic E-state index is 0.163. The fourth-order valence-corrected chi connectivity index (χ4v) is 4.47. The van der Waals surface area contributed by atoms with Crippen LogP contribution >= 0.6 is 0 Å². The van der Waals surface area contributed by atoms with Crippen molar-refractivity contribution in [1.29, 1.82) is 0 Å². The highest BCUT2D eigenvalue weighted by Gasteiger charge is 2.34. The van der Waals surface area contributed by atoms with Crippen molar-refractivity contribution in [3.8, 4) is 0 Å². The van der Waals surface area contributed by atoms with Crippen LogP contribution in [0.2, 0.25) is 0 Å². The smallest absolute Gasteiger partial charge is 0.230 e. The summed E-state index contributed by atoms with van der Waals surface area (Å²) in [6.45, 7) is 2.12. The lowest BCUT2D eigenvalue weighted by atomic mass is 10.1. The van der Waals surface area contributed by atoms with Crippen molar-refractivity contribution in [1.82, 2.24) is 4.90 Å². The van der Waals surface area contributed by atoms with Gasteiger partial charge in [-0.2, -0.15) is 0 Å². The van der Waals surface area contributed by atoms with Gasteiger partial charge in [-0.05, 0) is 42.9 Å². The third-order valence-electron chi connectivity index (χ3n) is 6.45. The standard InChI is InChI=1S/C27H34N2O2/c30-26(20-22-12-6-5-7-13-22)28-18-10-3-1-2-4-11-19-29(27(31)23-16-17-23)25-15-9-8-14-24(25)21-28/h5-9,12-15,23H,1-4,10-11,16-21H2. The molecule has 2 aromatic rings. The Labute approximate surface area is 186 Å². The van der Waals surface area contributed by atoms with Crippen molar-refractivity contribution < 1.29 is 9.59 Å². The van der Waals surface area contributed by atoms with Crippen LogP contribution in [-0.4, -0.2) is 29.8 Å². The van der Waals surface area contributed by atoms with E-state index in [-0.39, 0.29) is 17.7 Å². The molecule has 0 saturated heterocycles. The molecule has 1 saturated carbocycles. The number of nitrogens with zero attached hydrogens (tertiary/aromatic N) is 2. The second-order valence-electron chi connectivity index (χ2n) is 8.99. The molecule has 1 heterocycles. The molecule has 2 aromatic carbocycles. The molecule has 164 valence electrons. The summed E-state index contributed by atoms with van der Waals surface area (Å²) >= 11 is 0. The molecular weight excluding hydrogens is 384 g/mol. The Morgan fingerprint density at radius 3 is 2.16 bits per heavy atom. The van der Waals surface area contributed by atoms with Gasteiger partial charge in [0, 0.05) is 31.2 Å². The van der Waals surface area contributed by atoms with E-state index in [1.54, 1.807) is 0 Å². The predicted molar refractivity (Wildman–Crippen MR) is 125 cm³/mol.